The van der Waals surface area contributed by atoms with Crippen LogP contribution in [0.3, 0.4) is 0 Å². The van der Waals surface area contributed by atoms with Crippen molar-refractivity contribution in [1.82, 2.24) is 9.62 Å². The van der Waals surface area contributed by atoms with Crippen molar-refractivity contribution in [1.29, 1.82) is 0 Å². The monoisotopic (exact) mass is 260 g/mol. The summed E-state index contributed by atoms with van der Waals surface area (Å²) >= 11 is 0. The fourth-order valence-electron chi connectivity index (χ4n) is 2.50. The van der Waals surface area contributed by atoms with Crippen LogP contribution in [-0.4, -0.2) is 44.7 Å². The zero-order valence-electron chi connectivity index (χ0n) is 10.7. The summed E-state index contributed by atoms with van der Waals surface area (Å²) in [6, 6.07) is 0. The van der Waals surface area contributed by atoms with E-state index in [0.29, 0.717) is 24.1 Å². The molecule has 0 radical (unpaired) electrons. The van der Waals surface area contributed by atoms with Crippen molar-refractivity contribution in [3.63, 3.8) is 0 Å². The topological polar surface area (TPSA) is 49.4 Å². The Bertz CT molecular complexity index is 332. The molecule has 0 bridgehead atoms. The molecule has 1 saturated heterocycles. The third-order valence-electron chi connectivity index (χ3n) is 3.75. The first-order valence-corrected chi connectivity index (χ1v) is 8.41. The molecule has 0 spiro atoms. The molecule has 2 fully saturated rings. The molecule has 0 aromatic heterocycles. The number of hydrogen-bond acceptors (Lipinski definition) is 3. The Morgan fingerprint density at radius 1 is 1.24 bits per heavy atom. The number of sulfonamides is 1. The molecule has 1 atom stereocenters. The van der Waals surface area contributed by atoms with Crippen molar-refractivity contribution in [2.24, 2.45) is 11.8 Å². The van der Waals surface area contributed by atoms with Gasteiger partial charge in [0, 0.05) is 13.1 Å². The second-order valence-electron chi connectivity index (χ2n) is 5.38. The van der Waals surface area contributed by atoms with Gasteiger partial charge >= 0.3 is 0 Å². The predicted molar refractivity (Wildman–Crippen MR) is 69.4 cm³/mol. The van der Waals surface area contributed by atoms with Crippen molar-refractivity contribution in [2.75, 3.05) is 31.9 Å². The minimum atomic E-state index is -3.03. The summed E-state index contributed by atoms with van der Waals surface area (Å²) in [4.78, 5) is 0. The maximum atomic E-state index is 12.3. The van der Waals surface area contributed by atoms with Gasteiger partial charge in [0.1, 0.15) is 0 Å². The van der Waals surface area contributed by atoms with Gasteiger partial charge in [0.25, 0.3) is 0 Å². The lowest BCUT2D eigenvalue weighted by Crippen LogP contribution is -2.40. The second-order valence-corrected chi connectivity index (χ2v) is 7.40. The van der Waals surface area contributed by atoms with Crippen LogP contribution >= 0.6 is 0 Å². The number of nitrogens with zero attached hydrogens (tertiary/aromatic N) is 1. The van der Waals surface area contributed by atoms with Crippen molar-refractivity contribution >= 4 is 10.0 Å². The largest absolute Gasteiger partial charge is 0.316 e. The van der Waals surface area contributed by atoms with Crippen molar-refractivity contribution < 1.29 is 8.42 Å². The Kier molecular flexibility index (Phi) is 4.44. The third-order valence-corrected chi connectivity index (χ3v) is 5.84. The molecule has 1 saturated carbocycles. The zero-order valence-corrected chi connectivity index (χ0v) is 11.5. The lowest BCUT2D eigenvalue weighted by atomic mass is 10.0. The Morgan fingerprint density at radius 2 is 2.00 bits per heavy atom. The van der Waals surface area contributed by atoms with Gasteiger partial charge < -0.3 is 5.32 Å². The van der Waals surface area contributed by atoms with Crippen LogP contribution in [0.4, 0.5) is 0 Å². The van der Waals surface area contributed by atoms with E-state index < -0.39 is 10.0 Å². The first-order chi connectivity index (χ1) is 8.12. The van der Waals surface area contributed by atoms with Gasteiger partial charge in [-0.3, -0.25) is 0 Å². The molecule has 1 aliphatic carbocycles. The minimum Gasteiger partial charge on any atom is -0.316 e. The number of hydrogen-bond donors (Lipinski definition) is 1. The maximum Gasteiger partial charge on any atom is 0.214 e. The molecule has 0 amide bonds. The summed E-state index contributed by atoms with van der Waals surface area (Å²) in [7, 11) is -3.03. The third kappa shape index (κ3) is 3.93. The average molecular weight is 260 g/mol. The number of rotatable bonds is 6. The summed E-state index contributed by atoms with van der Waals surface area (Å²) in [6.45, 7) is 5.22. The van der Waals surface area contributed by atoms with E-state index in [1.54, 1.807) is 4.31 Å². The Labute approximate surface area is 105 Å². The van der Waals surface area contributed by atoms with Gasteiger partial charge in [0.2, 0.25) is 10.0 Å². The molecule has 2 rings (SSSR count). The lowest BCUT2D eigenvalue weighted by molar-refractivity contribution is 0.377. The molecular weight excluding hydrogens is 236 g/mol. The van der Waals surface area contributed by atoms with E-state index in [-0.39, 0.29) is 0 Å². The van der Waals surface area contributed by atoms with Crippen LogP contribution in [0.1, 0.15) is 32.6 Å². The van der Waals surface area contributed by atoms with E-state index in [9.17, 15) is 8.42 Å². The van der Waals surface area contributed by atoms with Gasteiger partial charge in [-0.15, -0.1) is 0 Å². The number of nitrogens with one attached hydrogen (secondary N) is 1. The Hall–Kier alpha value is -0.130. The van der Waals surface area contributed by atoms with Crippen molar-refractivity contribution in [3.05, 3.63) is 0 Å². The molecule has 0 aromatic carbocycles. The summed E-state index contributed by atoms with van der Waals surface area (Å²) in [5.74, 6) is 1.27. The van der Waals surface area contributed by atoms with Crippen LogP contribution in [0.15, 0.2) is 0 Å². The highest BCUT2D eigenvalue weighted by Gasteiger charge is 2.31. The van der Waals surface area contributed by atoms with Crippen LogP contribution in [0.25, 0.3) is 0 Å². The van der Waals surface area contributed by atoms with Crippen molar-refractivity contribution in [2.45, 2.75) is 32.6 Å². The molecule has 1 unspecified atom stereocenters. The van der Waals surface area contributed by atoms with Crippen LogP contribution in [0, 0.1) is 11.8 Å². The van der Waals surface area contributed by atoms with E-state index in [1.165, 1.54) is 12.8 Å². The average Bonchev–Trinajstić information content (AvgIpc) is 3.10. The molecule has 5 heteroatoms. The first kappa shape index (κ1) is 13.3. The van der Waals surface area contributed by atoms with Gasteiger partial charge in [-0.25, -0.2) is 12.7 Å². The van der Waals surface area contributed by atoms with E-state index in [1.807, 2.05) is 6.92 Å². The predicted octanol–water partition coefficient (Wildman–Crippen LogP) is 1.05. The Balaban J connectivity index is 1.90. The van der Waals surface area contributed by atoms with Gasteiger partial charge in [-0.05, 0) is 50.6 Å². The summed E-state index contributed by atoms with van der Waals surface area (Å²) in [5, 5.41) is 3.28. The van der Waals surface area contributed by atoms with Crippen molar-refractivity contribution in [3.8, 4) is 0 Å². The molecule has 1 heterocycles. The molecule has 100 valence electrons. The minimum absolute atomic E-state index is 0.307. The highest BCUT2D eigenvalue weighted by molar-refractivity contribution is 7.89. The smallest absolute Gasteiger partial charge is 0.214 e. The normalized spacial score (nSPS) is 26.4. The molecule has 2 aliphatic rings. The second kappa shape index (κ2) is 5.67. The molecule has 17 heavy (non-hydrogen) atoms. The van der Waals surface area contributed by atoms with E-state index >= 15 is 0 Å². The van der Waals surface area contributed by atoms with E-state index in [0.717, 1.165) is 32.5 Å². The standard InChI is InChI=1S/C12H24N2O2S/c1-2-14(9-11-5-6-11)17(15,16)10-12-4-3-7-13-8-12/h11-13H,2-10H2,1H3. The van der Waals surface area contributed by atoms with Crippen LogP contribution < -0.4 is 5.32 Å². The summed E-state index contributed by atoms with van der Waals surface area (Å²) < 4.78 is 26.3. The van der Waals surface area contributed by atoms with Gasteiger partial charge in [-0.2, -0.15) is 0 Å². The van der Waals surface area contributed by atoms with Crippen LogP contribution in [-0.2, 0) is 10.0 Å². The fourth-order valence-corrected chi connectivity index (χ4v) is 4.42. The van der Waals surface area contributed by atoms with Gasteiger partial charge in [-0.1, -0.05) is 6.92 Å². The summed E-state index contributed by atoms with van der Waals surface area (Å²) in [5.41, 5.74) is 0. The van der Waals surface area contributed by atoms with Gasteiger partial charge in [0.05, 0.1) is 5.75 Å². The van der Waals surface area contributed by atoms with E-state index in [4.69, 9.17) is 0 Å². The van der Waals surface area contributed by atoms with E-state index in [2.05, 4.69) is 5.32 Å². The molecule has 1 N–H and O–H groups in total. The molecule has 1 aliphatic heterocycles. The van der Waals surface area contributed by atoms with Crippen LogP contribution in [0.2, 0.25) is 0 Å². The summed E-state index contributed by atoms with van der Waals surface area (Å²) in [6.07, 6.45) is 4.57. The lowest BCUT2D eigenvalue weighted by Gasteiger charge is -2.26. The quantitative estimate of drug-likeness (QED) is 0.776. The number of piperidine rings is 1. The zero-order chi connectivity index (χ0) is 12.3. The van der Waals surface area contributed by atoms with Gasteiger partial charge in [0.15, 0.2) is 0 Å². The maximum absolute atomic E-state index is 12.3. The van der Waals surface area contributed by atoms with Crippen LogP contribution in [0.5, 0.6) is 0 Å². The fraction of sp³-hybridized carbons (Fsp3) is 1.00. The molecular formula is C12H24N2O2S. The first-order valence-electron chi connectivity index (χ1n) is 6.80. The highest BCUT2D eigenvalue weighted by Crippen LogP contribution is 2.30. The molecule has 4 nitrogen and oxygen atoms in total. The SMILES string of the molecule is CCN(CC1CC1)S(=O)(=O)CC1CCCNC1. The highest BCUT2D eigenvalue weighted by atomic mass is 32.2. The molecule has 0 aromatic rings. The Morgan fingerprint density at radius 3 is 2.53 bits per heavy atom.